The van der Waals surface area contributed by atoms with Crippen LogP contribution in [0.2, 0.25) is 5.02 Å². The highest BCUT2D eigenvalue weighted by molar-refractivity contribution is 6.30. The number of aryl methyl sites for hydroxylation is 1. The number of rotatable bonds is 9. The number of hydrogen-bond acceptors (Lipinski definition) is 4. The van der Waals surface area contributed by atoms with Gasteiger partial charge >= 0.3 is 0 Å². The third kappa shape index (κ3) is 6.24. The number of benzene rings is 3. The van der Waals surface area contributed by atoms with Gasteiger partial charge in [0, 0.05) is 34.9 Å². The summed E-state index contributed by atoms with van der Waals surface area (Å²) in [4.78, 5) is 12.2. The smallest absolute Gasteiger partial charge is 0.262 e. The van der Waals surface area contributed by atoms with Crippen LogP contribution in [0.15, 0.2) is 66.7 Å². The molecule has 156 valence electrons. The summed E-state index contributed by atoms with van der Waals surface area (Å²) in [6, 6.07) is 20.8. The molecule has 0 aliphatic rings. The molecule has 6 heteroatoms. The Bertz CT molecular complexity index is 990. The molecule has 0 heterocycles. The van der Waals surface area contributed by atoms with E-state index in [1.165, 1.54) is 0 Å². The maximum Gasteiger partial charge on any atom is 0.262 e. The first-order valence-electron chi connectivity index (χ1n) is 9.65. The van der Waals surface area contributed by atoms with Crippen LogP contribution in [0.4, 0.5) is 5.69 Å². The molecule has 5 nitrogen and oxygen atoms in total. The lowest BCUT2D eigenvalue weighted by Crippen LogP contribution is -2.21. The van der Waals surface area contributed by atoms with Crippen molar-refractivity contribution in [1.82, 2.24) is 5.32 Å². The monoisotopic (exact) mass is 424 g/mol. The van der Waals surface area contributed by atoms with Crippen molar-refractivity contribution in [3.63, 3.8) is 0 Å². The fourth-order valence-electron chi connectivity index (χ4n) is 2.99. The molecule has 0 saturated heterocycles. The standard InChI is InChI=1S/C24H25ClN2O3/c1-17-7-10-21(11-8-17)27-24(28)16-30-23-12-9-20(25)13-19(23)15-26-14-18-5-3-4-6-22(18)29-2/h3-13,26H,14-16H2,1-2H3,(H,27,28). The molecule has 0 fully saturated rings. The minimum atomic E-state index is -0.221. The Kier molecular flexibility index (Phi) is 7.71. The molecule has 2 N–H and O–H groups in total. The van der Waals surface area contributed by atoms with E-state index in [1.54, 1.807) is 19.2 Å². The minimum Gasteiger partial charge on any atom is -0.496 e. The molecule has 3 aromatic carbocycles. The first-order chi connectivity index (χ1) is 14.5. The topological polar surface area (TPSA) is 59.6 Å². The van der Waals surface area contributed by atoms with Crippen LogP contribution < -0.4 is 20.1 Å². The van der Waals surface area contributed by atoms with Crippen molar-refractivity contribution >= 4 is 23.2 Å². The van der Waals surface area contributed by atoms with Gasteiger partial charge in [-0.2, -0.15) is 0 Å². The maximum absolute atomic E-state index is 12.2. The van der Waals surface area contributed by atoms with Crippen molar-refractivity contribution in [2.45, 2.75) is 20.0 Å². The summed E-state index contributed by atoms with van der Waals surface area (Å²) in [6.45, 7) is 3.07. The maximum atomic E-state index is 12.2. The number of hydrogen-bond donors (Lipinski definition) is 2. The van der Waals surface area contributed by atoms with Crippen LogP contribution in [0.1, 0.15) is 16.7 Å². The van der Waals surface area contributed by atoms with Gasteiger partial charge in [0.25, 0.3) is 5.91 Å². The van der Waals surface area contributed by atoms with Crippen molar-refractivity contribution < 1.29 is 14.3 Å². The Balaban J connectivity index is 1.57. The van der Waals surface area contributed by atoms with Crippen molar-refractivity contribution in [3.05, 3.63) is 88.4 Å². The van der Waals surface area contributed by atoms with Gasteiger partial charge in [0.15, 0.2) is 6.61 Å². The lowest BCUT2D eigenvalue weighted by molar-refractivity contribution is -0.118. The molecular formula is C24H25ClN2O3. The van der Waals surface area contributed by atoms with Gasteiger partial charge in [-0.15, -0.1) is 0 Å². The summed E-state index contributed by atoms with van der Waals surface area (Å²) in [7, 11) is 1.66. The Hall–Kier alpha value is -3.02. The number of methoxy groups -OCH3 is 1. The predicted octanol–water partition coefficient (Wildman–Crippen LogP) is 4.96. The molecular weight excluding hydrogens is 400 g/mol. The molecule has 3 rings (SSSR count). The number of para-hydroxylation sites is 1. The van der Waals surface area contributed by atoms with E-state index in [9.17, 15) is 4.79 Å². The lowest BCUT2D eigenvalue weighted by Gasteiger charge is -2.14. The summed E-state index contributed by atoms with van der Waals surface area (Å²) in [5.74, 6) is 1.23. The van der Waals surface area contributed by atoms with E-state index in [-0.39, 0.29) is 12.5 Å². The highest BCUT2D eigenvalue weighted by Gasteiger charge is 2.09. The number of nitrogens with one attached hydrogen (secondary N) is 2. The number of carbonyl (C=O) groups is 1. The number of ether oxygens (including phenoxy) is 2. The Morgan fingerprint density at radius 3 is 2.43 bits per heavy atom. The number of halogens is 1. The molecule has 0 unspecified atom stereocenters. The zero-order valence-electron chi connectivity index (χ0n) is 17.1. The van der Waals surface area contributed by atoms with Gasteiger partial charge in [0.05, 0.1) is 7.11 Å². The molecule has 0 spiro atoms. The minimum absolute atomic E-state index is 0.0883. The fraction of sp³-hybridized carbons (Fsp3) is 0.208. The van der Waals surface area contributed by atoms with Crippen molar-refractivity contribution in [3.8, 4) is 11.5 Å². The van der Waals surface area contributed by atoms with Crippen molar-refractivity contribution in [2.75, 3.05) is 19.0 Å². The molecule has 1 amide bonds. The first-order valence-corrected chi connectivity index (χ1v) is 10.0. The first kappa shape index (κ1) is 21.7. The van der Waals surface area contributed by atoms with E-state index in [1.807, 2.05) is 61.5 Å². The van der Waals surface area contributed by atoms with Crippen LogP contribution in [-0.4, -0.2) is 19.6 Å². The zero-order chi connectivity index (χ0) is 21.3. The van der Waals surface area contributed by atoms with Gasteiger partial charge in [-0.05, 0) is 43.3 Å². The average molecular weight is 425 g/mol. The summed E-state index contributed by atoms with van der Waals surface area (Å²) >= 11 is 6.16. The summed E-state index contributed by atoms with van der Waals surface area (Å²) in [5.41, 5.74) is 3.81. The SMILES string of the molecule is COc1ccccc1CNCc1cc(Cl)ccc1OCC(=O)Nc1ccc(C)cc1. The van der Waals surface area contributed by atoms with Gasteiger partial charge in [-0.25, -0.2) is 0 Å². The van der Waals surface area contributed by atoms with Gasteiger partial charge in [0.2, 0.25) is 0 Å². The van der Waals surface area contributed by atoms with E-state index in [0.717, 1.165) is 28.1 Å². The van der Waals surface area contributed by atoms with Crippen LogP contribution in [0.25, 0.3) is 0 Å². The number of anilines is 1. The molecule has 0 saturated carbocycles. The van der Waals surface area contributed by atoms with E-state index >= 15 is 0 Å². The highest BCUT2D eigenvalue weighted by atomic mass is 35.5. The van der Waals surface area contributed by atoms with Crippen molar-refractivity contribution in [1.29, 1.82) is 0 Å². The molecule has 0 aromatic heterocycles. The van der Waals surface area contributed by atoms with E-state index in [2.05, 4.69) is 10.6 Å². The molecule has 0 aliphatic heterocycles. The second-order valence-electron chi connectivity index (χ2n) is 6.87. The van der Waals surface area contributed by atoms with Gasteiger partial charge in [-0.3, -0.25) is 4.79 Å². The molecule has 3 aromatic rings. The highest BCUT2D eigenvalue weighted by Crippen LogP contribution is 2.24. The molecule has 0 radical (unpaired) electrons. The van der Waals surface area contributed by atoms with Crippen LogP contribution in [0.5, 0.6) is 11.5 Å². The van der Waals surface area contributed by atoms with E-state index in [4.69, 9.17) is 21.1 Å². The second-order valence-corrected chi connectivity index (χ2v) is 7.31. The number of carbonyl (C=O) groups excluding carboxylic acids is 1. The summed E-state index contributed by atoms with van der Waals surface area (Å²) in [6.07, 6.45) is 0. The van der Waals surface area contributed by atoms with Crippen LogP contribution in [0, 0.1) is 6.92 Å². The summed E-state index contributed by atoms with van der Waals surface area (Å²) < 4.78 is 11.1. The predicted molar refractivity (Wildman–Crippen MR) is 120 cm³/mol. The van der Waals surface area contributed by atoms with Gasteiger partial charge in [-0.1, -0.05) is 47.5 Å². The molecule has 0 aliphatic carbocycles. The van der Waals surface area contributed by atoms with E-state index < -0.39 is 0 Å². The normalized spacial score (nSPS) is 10.5. The summed E-state index contributed by atoms with van der Waals surface area (Å²) in [5, 5.41) is 6.81. The largest absolute Gasteiger partial charge is 0.496 e. The van der Waals surface area contributed by atoms with Gasteiger partial charge in [0.1, 0.15) is 11.5 Å². The molecule has 0 bridgehead atoms. The van der Waals surface area contributed by atoms with Crippen LogP contribution in [0.3, 0.4) is 0 Å². The average Bonchev–Trinajstić information content (AvgIpc) is 2.75. The molecule has 30 heavy (non-hydrogen) atoms. The Morgan fingerprint density at radius 2 is 1.67 bits per heavy atom. The Labute approximate surface area is 182 Å². The number of amides is 1. The van der Waals surface area contributed by atoms with Crippen LogP contribution in [-0.2, 0) is 17.9 Å². The van der Waals surface area contributed by atoms with Gasteiger partial charge < -0.3 is 20.1 Å². The fourth-order valence-corrected chi connectivity index (χ4v) is 3.18. The second kappa shape index (κ2) is 10.7. The third-order valence-electron chi connectivity index (χ3n) is 4.54. The lowest BCUT2D eigenvalue weighted by atomic mass is 10.1. The molecule has 0 atom stereocenters. The van der Waals surface area contributed by atoms with E-state index in [0.29, 0.717) is 23.9 Å². The van der Waals surface area contributed by atoms with Crippen molar-refractivity contribution in [2.24, 2.45) is 0 Å². The third-order valence-corrected chi connectivity index (χ3v) is 4.78. The quantitative estimate of drug-likeness (QED) is 0.509. The van der Waals surface area contributed by atoms with Crippen LogP contribution >= 0.6 is 11.6 Å². The Morgan fingerprint density at radius 1 is 0.933 bits per heavy atom. The zero-order valence-corrected chi connectivity index (χ0v) is 17.8.